The van der Waals surface area contributed by atoms with E-state index in [1.807, 2.05) is 0 Å². The molecule has 0 aliphatic carbocycles. The van der Waals surface area contributed by atoms with E-state index in [1.165, 1.54) is 6.26 Å². The predicted molar refractivity (Wildman–Crippen MR) is 79.6 cm³/mol. The third-order valence-electron chi connectivity index (χ3n) is 3.62. The van der Waals surface area contributed by atoms with Crippen molar-refractivity contribution in [1.82, 2.24) is 4.90 Å². The summed E-state index contributed by atoms with van der Waals surface area (Å²) in [7, 11) is -3.01. The molecule has 0 aromatic heterocycles. The fourth-order valence-electron chi connectivity index (χ4n) is 2.53. The van der Waals surface area contributed by atoms with Gasteiger partial charge in [0.1, 0.15) is 5.37 Å². The zero-order valence-electron chi connectivity index (χ0n) is 11.7. The molecule has 1 heterocycles. The zero-order valence-corrected chi connectivity index (χ0v) is 13.3. The highest BCUT2D eigenvalue weighted by atomic mass is 32.2. The van der Waals surface area contributed by atoms with Gasteiger partial charge in [0.2, 0.25) is 0 Å². The van der Waals surface area contributed by atoms with Crippen LogP contribution in [0.4, 0.5) is 0 Å². The van der Waals surface area contributed by atoms with E-state index in [9.17, 15) is 8.42 Å². The Kier molecular flexibility index (Phi) is 5.96. The molecule has 108 valence electrons. The van der Waals surface area contributed by atoms with Gasteiger partial charge >= 0.3 is 0 Å². The molecular weight excluding hydrogens is 268 g/mol. The normalized spacial score (nSPS) is 25.9. The number of thioether (sulfide) groups is 1. The molecule has 1 fully saturated rings. The van der Waals surface area contributed by atoms with Crippen LogP contribution in [0.1, 0.15) is 26.7 Å². The molecule has 4 nitrogen and oxygen atoms in total. The Labute approximate surface area is 116 Å². The van der Waals surface area contributed by atoms with Crippen LogP contribution in [0.5, 0.6) is 0 Å². The molecule has 0 bridgehead atoms. The Morgan fingerprint density at radius 1 is 1.50 bits per heavy atom. The summed E-state index contributed by atoms with van der Waals surface area (Å²) in [6.07, 6.45) is 3.47. The Hall–Kier alpha value is 0.220. The van der Waals surface area contributed by atoms with Crippen LogP contribution in [-0.2, 0) is 9.84 Å². The highest BCUT2D eigenvalue weighted by Gasteiger charge is 2.35. The summed E-state index contributed by atoms with van der Waals surface area (Å²) in [6.45, 7) is 6.56. The van der Waals surface area contributed by atoms with E-state index in [4.69, 9.17) is 5.73 Å². The second-order valence-corrected chi connectivity index (χ2v) is 8.95. The average molecular weight is 294 g/mol. The van der Waals surface area contributed by atoms with E-state index in [-0.39, 0.29) is 10.8 Å². The first-order chi connectivity index (χ1) is 8.32. The number of hydrogen-bond donors (Lipinski definition) is 1. The molecule has 2 atom stereocenters. The van der Waals surface area contributed by atoms with Crippen LogP contribution in [0.3, 0.4) is 0 Å². The predicted octanol–water partition coefficient (Wildman–Crippen LogP) is 1.17. The summed E-state index contributed by atoms with van der Waals surface area (Å²) >= 11 is 1.73. The second kappa shape index (κ2) is 6.59. The Bertz CT molecular complexity index is 359. The van der Waals surface area contributed by atoms with Crippen molar-refractivity contribution in [3.8, 4) is 0 Å². The van der Waals surface area contributed by atoms with Crippen molar-refractivity contribution >= 4 is 21.6 Å². The molecule has 0 radical (unpaired) electrons. The van der Waals surface area contributed by atoms with Gasteiger partial charge in [-0.05, 0) is 18.4 Å². The van der Waals surface area contributed by atoms with Crippen LogP contribution >= 0.6 is 11.8 Å². The van der Waals surface area contributed by atoms with E-state index in [2.05, 4.69) is 18.7 Å². The van der Waals surface area contributed by atoms with Gasteiger partial charge in [-0.25, -0.2) is 8.42 Å². The first-order valence-corrected chi connectivity index (χ1v) is 9.64. The summed E-state index contributed by atoms with van der Waals surface area (Å²) in [5.74, 6) is 1.70. The number of sulfone groups is 1. The van der Waals surface area contributed by atoms with E-state index in [0.29, 0.717) is 12.3 Å². The van der Waals surface area contributed by atoms with Crippen molar-refractivity contribution in [3.63, 3.8) is 0 Å². The standard InChI is InChI=1S/C12H26N2O2S2/c1-4-5-12(2,9-13)10-14-6-7-17-8-11(14)18(3,15)16/h11H,4-10,13H2,1-3H3. The van der Waals surface area contributed by atoms with Crippen molar-refractivity contribution < 1.29 is 8.42 Å². The lowest BCUT2D eigenvalue weighted by Crippen LogP contribution is -2.52. The number of rotatable bonds is 6. The van der Waals surface area contributed by atoms with Crippen molar-refractivity contribution in [1.29, 1.82) is 0 Å². The summed E-state index contributed by atoms with van der Waals surface area (Å²) in [5, 5.41) is -0.334. The fraction of sp³-hybridized carbons (Fsp3) is 1.00. The molecule has 2 unspecified atom stereocenters. The van der Waals surface area contributed by atoms with Gasteiger partial charge in [-0.15, -0.1) is 0 Å². The van der Waals surface area contributed by atoms with Crippen LogP contribution in [0.2, 0.25) is 0 Å². The zero-order chi connectivity index (χ0) is 13.8. The lowest BCUT2D eigenvalue weighted by Gasteiger charge is -2.40. The Morgan fingerprint density at radius 2 is 2.17 bits per heavy atom. The molecule has 0 spiro atoms. The van der Waals surface area contributed by atoms with Gasteiger partial charge in [0.25, 0.3) is 0 Å². The topological polar surface area (TPSA) is 63.4 Å². The van der Waals surface area contributed by atoms with Gasteiger partial charge < -0.3 is 5.73 Å². The van der Waals surface area contributed by atoms with Crippen molar-refractivity contribution in [2.75, 3.05) is 37.4 Å². The molecular formula is C12H26N2O2S2. The van der Waals surface area contributed by atoms with Gasteiger partial charge in [-0.2, -0.15) is 11.8 Å². The van der Waals surface area contributed by atoms with Crippen molar-refractivity contribution in [3.05, 3.63) is 0 Å². The van der Waals surface area contributed by atoms with Gasteiger partial charge in [-0.1, -0.05) is 20.3 Å². The molecule has 0 saturated carbocycles. The van der Waals surface area contributed by atoms with Crippen molar-refractivity contribution in [2.45, 2.75) is 32.1 Å². The minimum absolute atomic E-state index is 0.0275. The maximum Gasteiger partial charge on any atom is 0.164 e. The highest BCUT2D eigenvalue weighted by Crippen LogP contribution is 2.28. The minimum atomic E-state index is -3.01. The highest BCUT2D eigenvalue weighted by molar-refractivity contribution is 8.00. The Morgan fingerprint density at radius 3 is 2.67 bits per heavy atom. The average Bonchev–Trinajstić information content (AvgIpc) is 2.28. The number of nitrogens with zero attached hydrogens (tertiary/aromatic N) is 1. The molecule has 2 N–H and O–H groups in total. The monoisotopic (exact) mass is 294 g/mol. The smallest absolute Gasteiger partial charge is 0.164 e. The number of nitrogens with two attached hydrogens (primary N) is 1. The Balaban J connectivity index is 2.78. The van der Waals surface area contributed by atoms with E-state index >= 15 is 0 Å². The van der Waals surface area contributed by atoms with Crippen LogP contribution < -0.4 is 5.73 Å². The molecule has 18 heavy (non-hydrogen) atoms. The van der Waals surface area contributed by atoms with Crippen LogP contribution in [0, 0.1) is 5.41 Å². The van der Waals surface area contributed by atoms with E-state index in [0.717, 1.165) is 31.7 Å². The third-order valence-corrected chi connectivity index (χ3v) is 6.30. The molecule has 0 amide bonds. The van der Waals surface area contributed by atoms with Gasteiger partial charge in [0.05, 0.1) is 0 Å². The molecule has 1 aliphatic rings. The summed E-state index contributed by atoms with van der Waals surface area (Å²) in [4.78, 5) is 2.12. The van der Waals surface area contributed by atoms with Crippen LogP contribution in [0.15, 0.2) is 0 Å². The first kappa shape index (κ1) is 16.3. The second-order valence-electron chi connectivity index (χ2n) is 5.59. The minimum Gasteiger partial charge on any atom is -0.330 e. The molecule has 1 aliphatic heterocycles. The quantitative estimate of drug-likeness (QED) is 0.797. The molecule has 0 aromatic rings. The van der Waals surface area contributed by atoms with Gasteiger partial charge in [-0.3, -0.25) is 4.90 Å². The molecule has 0 aromatic carbocycles. The third kappa shape index (κ3) is 4.40. The largest absolute Gasteiger partial charge is 0.330 e. The molecule has 1 saturated heterocycles. The lowest BCUT2D eigenvalue weighted by molar-refractivity contribution is 0.155. The van der Waals surface area contributed by atoms with Gasteiger partial charge in [0, 0.05) is 30.9 Å². The van der Waals surface area contributed by atoms with E-state index in [1.54, 1.807) is 11.8 Å². The lowest BCUT2D eigenvalue weighted by atomic mass is 9.85. The number of hydrogen-bond acceptors (Lipinski definition) is 5. The van der Waals surface area contributed by atoms with Crippen molar-refractivity contribution in [2.24, 2.45) is 11.1 Å². The SMILES string of the molecule is CCCC(C)(CN)CN1CCSCC1S(C)(=O)=O. The summed E-state index contributed by atoms with van der Waals surface area (Å²) in [5.41, 5.74) is 5.91. The van der Waals surface area contributed by atoms with Gasteiger partial charge in [0.15, 0.2) is 9.84 Å². The molecule has 6 heteroatoms. The van der Waals surface area contributed by atoms with Crippen LogP contribution in [0.25, 0.3) is 0 Å². The summed E-state index contributed by atoms with van der Waals surface area (Å²) in [6, 6.07) is 0. The fourth-order valence-corrected chi connectivity index (χ4v) is 5.47. The van der Waals surface area contributed by atoms with E-state index < -0.39 is 9.84 Å². The first-order valence-electron chi connectivity index (χ1n) is 6.53. The maximum absolute atomic E-state index is 11.8. The van der Waals surface area contributed by atoms with Crippen LogP contribution in [-0.4, -0.2) is 56.1 Å². The maximum atomic E-state index is 11.8. The molecule has 1 rings (SSSR count). The summed E-state index contributed by atoms with van der Waals surface area (Å²) < 4.78 is 23.7.